The molecular formula is C29H29N3O4S. The van der Waals surface area contributed by atoms with Gasteiger partial charge in [0.05, 0.1) is 38.5 Å². The number of thioether (sulfide) groups is 1. The maximum atomic E-state index is 13.0. The lowest BCUT2D eigenvalue weighted by molar-refractivity contribution is -0.128. The number of hydrogen-bond donors (Lipinski definition) is 0. The molecule has 190 valence electrons. The molecule has 5 rings (SSSR count). The van der Waals surface area contributed by atoms with Crippen LogP contribution >= 0.6 is 11.8 Å². The highest BCUT2D eigenvalue weighted by Gasteiger charge is 2.35. The molecule has 7 nitrogen and oxygen atoms in total. The molecule has 1 amide bonds. The fraction of sp³-hybridized carbons (Fsp3) is 0.241. The highest BCUT2D eigenvalue weighted by atomic mass is 32.2. The molecule has 1 saturated heterocycles. The van der Waals surface area contributed by atoms with Crippen LogP contribution in [0.1, 0.15) is 16.5 Å². The zero-order chi connectivity index (χ0) is 25.8. The van der Waals surface area contributed by atoms with E-state index in [-0.39, 0.29) is 11.3 Å². The number of methoxy groups -OCH3 is 3. The third-order valence-electron chi connectivity index (χ3n) is 6.45. The minimum atomic E-state index is -0.137. The second-order valence-electron chi connectivity index (χ2n) is 8.63. The van der Waals surface area contributed by atoms with Gasteiger partial charge in [0.2, 0.25) is 5.91 Å². The second-order valence-corrected chi connectivity index (χ2v) is 9.70. The smallest absolute Gasteiger partial charge is 0.233 e. The van der Waals surface area contributed by atoms with Crippen molar-refractivity contribution in [2.75, 3.05) is 33.6 Å². The molecule has 0 bridgehead atoms. The lowest BCUT2D eigenvalue weighted by Gasteiger charge is -2.24. The van der Waals surface area contributed by atoms with Crippen molar-refractivity contribution in [1.29, 1.82) is 0 Å². The Labute approximate surface area is 221 Å². The summed E-state index contributed by atoms with van der Waals surface area (Å²) in [5.74, 6) is 2.73. The summed E-state index contributed by atoms with van der Waals surface area (Å²) < 4.78 is 18.1. The zero-order valence-corrected chi connectivity index (χ0v) is 21.9. The maximum absolute atomic E-state index is 13.0. The van der Waals surface area contributed by atoms with E-state index >= 15 is 0 Å². The van der Waals surface area contributed by atoms with E-state index < -0.39 is 0 Å². The molecule has 0 radical (unpaired) electrons. The molecule has 1 atom stereocenters. The predicted octanol–water partition coefficient (Wildman–Crippen LogP) is 5.38. The molecule has 1 aliphatic heterocycles. The molecule has 2 heterocycles. The summed E-state index contributed by atoms with van der Waals surface area (Å²) in [5, 5.41) is 4.83. The molecule has 4 aromatic rings. The third-order valence-corrected chi connectivity index (χ3v) is 7.69. The van der Waals surface area contributed by atoms with Crippen molar-refractivity contribution in [3.8, 4) is 34.2 Å². The van der Waals surface area contributed by atoms with E-state index in [0.29, 0.717) is 30.2 Å². The minimum absolute atomic E-state index is 0.128. The Balaban J connectivity index is 1.47. The van der Waals surface area contributed by atoms with Crippen molar-refractivity contribution >= 4 is 17.7 Å². The van der Waals surface area contributed by atoms with Crippen LogP contribution in [0.15, 0.2) is 79.0 Å². The number of para-hydroxylation sites is 1. The van der Waals surface area contributed by atoms with Crippen molar-refractivity contribution in [2.24, 2.45) is 0 Å². The Morgan fingerprint density at radius 1 is 0.919 bits per heavy atom. The molecular weight excluding hydrogens is 486 g/mol. The molecule has 3 aromatic carbocycles. The number of ether oxygens (including phenoxy) is 3. The van der Waals surface area contributed by atoms with Gasteiger partial charge in [-0.15, -0.1) is 11.8 Å². The van der Waals surface area contributed by atoms with Crippen molar-refractivity contribution in [3.05, 3.63) is 90.1 Å². The maximum Gasteiger partial charge on any atom is 0.233 e. The Morgan fingerprint density at radius 3 is 2.38 bits per heavy atom. The van der Waals surface area contributed by atoms with Crippen LogP contribution in [0.4, 0.5) is 0 Å². The zero-order valence-electron chi connectivity index (χ0n) is 21.1. The molecule has 0 saturated carbocycles. The molecule has 0 N–H and O–H groups in total. The molecule has 1 aromatic heterocycles. The molecule has 1 fully saturated rings. The lowest BCUT2D eigenvalue weighted by Crippen LogP contribution is -2.30. The van der Waals surface area contributed by atoms with Crippen LogP contribution in [0, 0.1) is 0 Å². The molecule has 0 unspecified atom stereocenters. The summed E-state index contributed by atoms with van der Waals surface area (Å²) >= 11 is 1.64. The molecule has 37 heavy (non-hydrogen) atoms. The van der Waals surface area contributed by atoms with Crippen molar-refractivity contribution in [2.45, 2.75) is 11.8 Å². The number of rotatable bonds is 9. The van der Waals surface area contributed by atoms with E-state index in [2.05, 4.69) is 6.20 Å². The van der Waals surface area contributed by atoms with Gasteiger partial charge in [-0.1, -0.05) is 24.3 Å². The van der Waals surface area contributed by atoms with Gasteiger partial charge in [0.1, 0.15) is 11.1 Å². The van der Waals surface area contributed by atoms with Crippen LogP contribution < -0.4 is 14.2 Å². The summed E-state index contributed by atoms with van der Waals surface area (Å²) in [6.07, 6.45) is 2.75. The standard InChI is InChI=1S/C29H29N3O4S/c1-34-23-12-10-21(11-13-23)28-24(18-32(30-28)22-7-5-4-6-8-22)29-31(27(33)19-37-29)16-15-20-9-14-25(35-2)26(17-20)36-3/h4-14,17-18,29H,15-16,19H2,1-3H3/t29-/m0/s1. The Bertz CT molecular complexity index is 1370. The van der Waals surface area contributed by atoms with E-state index in [9.17, 15) is 4.79 Å². The summed E-state index contributed by atoms with van der Waals surface area (Å²) in [6, 6.07) is 23.8. The largest absolute Gasteiger partial charge is 0.497 e. The summed E-state index contributed by atoms with van der Waals surface area (Å²) in [4.78, 5) is 15.0. The summed E-state index contributed by atoms with van der Waals surface area (Å²) in [5.41, 5.74) is 4.89. The monoisotopic (exact) mass is 515 g/mol. The Morgan fingerprint density at radius 2 is 1.68 bits per heavy atom. The van der Waals surface area contributed by atoms with Gasteiger partial charge in [0, 0.05) is 23.9 Å². The number of nitrogens with zero attached hydrogens (tertiary/aromatic N) is 3. The molecule has 8 heteroatoms. The van der Waals surface area contributed by atoms with Gasteiger partial charge in [-0.25, -0.2) is 4.68 Å². The Kier molecular flexibility index (Phi) is 7.37. The number of amides is 1. The first-order valence-electron chi connectivity index (χ1n) is 12.0. The Hall–Kier alpha value is -3.91. The normalized spacial score (nSPS) is 15.2. The highest BCUT2D eigenvalue weighted by molar-refractivity contribution is 8.00. The van der Waals surface area contributed by atoms with Crippen molar-refractivity contribution < 1.29 is 19.0 Å². The van der Waals surface area contributed by atoms with Crippen LogP contribution in [0.3, 0.4) is 0 Å². The highest BCUT2D eigenvalue weighted by Crippen LogP contribution is 2.43. The number of carbonyl (C=O) groups excluding carboxylic acids is 1. The van der Waals surface area contributed by atoms with Crippen molar-refractivity contribution in [1.82, 2.24) is 14.7 Å². The molecule has 0 spiro atoms. The average molecular weight is 516 g/mol. The average Bonchev–Trinajstić information content (AvgIpc) is 3.55. The molecule has 1 aliphatic rings. The summed E-state index contributed by atoms with van der Waals surface area (Å²) in [6.45, 7) is 0.588. The van der Waals surface area contributed by atoms with Crippen LogP contribution in [-0.2, 0) is 11.2 Å². The number of carbonyl (C=O) groups is 1. The van der Waals surface area contributed by atoms with Gasteiger partial charge in [0.25, 0.3) is 0 Å². The van der Waals surface area contributed by atoms with E-state index in [4.69, 9.17) is 19.3 Å². The molecule has 0 aliphatic carbocycles. The van der Waals surface area contributed by atoms with E-state index in [1.165, 1.54) is 0 Å². The lowest BCUT2D eigenvalue weighted by atomic mass is 10.1. The van der Waals surface area contributed by atoms with Gasteiger partial charge in [-0.05, 0) is 60.5 Å². The topological polar surface area (TPSA) is 65.8 Å². The number of hydrogen-bond acceptors (Lipinski definition) is 6. The van der Waals surface area contributed by atoms with Crippen molar-refractivity contribution in [3.63, 3.8) is 0 Å². The van der Waals surface area contributed by atoms with Crippen LogP contribution in [0.2, 0.25) is 0 Å². The van der Waals surface area contributed by atoms with Gasteiger partial charge in [0.15, 0.2) is 11.5 Å². The first-order chi connectivity index (χ1) is 18.1. The minimum Gasteiger partial charge on any atom is -0.497 e. The third kappa shape index (κ3) is 5.15. The van der Waals surface area contributed by atoms with Gasteiger partial charge in [-0.3, -0.25) is 4.79 Å². The quantitative estimate of drug-likeness (QED) is 0.298. The predicted molar refractivity (Wildman–Crippen MR) is 146 cm³/mol. The fourth-order valence-corrected chi connectivity index (χ4v) is 5.71. The van der Waals surface area contributed by atoms with E-state index in [1.807, 2.05) is 82.4 Å². The SMILES string of the molecule is COc1ccc(-c2nn(-c3ccccc3)cc2[C@@H]2SCC(=O)N2CCc2ccc(OC)c(OC)c2)cc1. The first kappa shape index (κ1) is 24.8. The van der Waals surface area contributed by atoms with Gasteiger partial charge in [-0.2, -0.15) is 5.10 Å². The fourth-order valence-electron chi connectivity index (χ4n) is 4.49. The van der Waals surface area contributed by atoms with Crippen LogP contribution in [0.25, 0.3) is 16.9 Å². The number of aromatic nitrogens is 2. The van der Waals surface area contributed by atoms with Gasteiger partial charge >= 0.3 is 0 Å². The van der Waals surface area contributed by atoms with Crippen LogP contribution in [-0.4, -0.2) is 54.2 Å². The summed E-state index contributed by atoms with van der Waals surface area (Å²) in [7, 11) is 4.91. The van der Waals surface area contributed by atoms with E-state index in [0.717, 1.165) is 33.8 Å². The van der Waals surface area contributed by atoms with Crippen LogP contribution in [0.5, 0.6) is 17.2 Å². The second kappa shape index (κ2) is 11.0. The first-order valence-corrected chi connectivity index (χ1v) is 13.1. The number of benzene rings is 3. The van der Waals surface area contributed by atoms with Gasteiger partial charge < -0.3 is 19.1 Å². The van der Waals surface area contributed by atoms with E-state index in [1.54, 1.807) is 33.1 Å².